The molecular weight excluding hydrogens is 491 g/mol. The zero-order valence-electron chi connectivity index (χ0n) is 19.4. The van der Waals surface area contributed by atoms with E-state index in [2.05, 4.69) is 9.62 Å². The predicted octanol–water partition coefficient (Wildman–Crippen LogP) is 4.53. The van der Waals surface area contributed by atoms with Crippen LogP contribution < -0.4 is 10.3 Å². The molecule has 0 amide bonds. The van der Waals surface area contributed by atoms with Gasteiger partial charge in [-0.3, -0.25) is 4.72 Å². The minimum absolute atomic E-state index is 0.0837. The SMILES string of the molecule is CCN(CC)CC=Cc1cc(F)ccc1S(=O)(=O)Nc1ccc2c(oc(=O)c3occc32)c1C(=O)O. The van der Waals surface area contributed by atoms with Crippen molar-refractivity contribution in [2.45, 2.75) is 18.7 Å². The van der Waals surface area contributed by atoms with Crippen molar-refractivity contribution in [2.24, 2.45) is 0 Å². The number of anilines is 1. The molecule has 2 aromatic carbocycles. The van der Waals surface area contributed by atoms with Crippen molar-refractivity contribution in [1.29, 1.82) is 0 Å². The average molecular weight is 515 g/mol. The van der Waals surface area contributed by atoms with E-state index in [0.717, 1.165) is 31.3 Å². The molecule has 4 aromatic rings. The van der Waals surface area contributed by atoms with Gasteiger partial charge < -0.3 is 18.8 Å². The van der Waals surface area contributed by atoms with Crippen LogP contribution in [0.25, 0.3) is 28.0 Å². The molecule has 11 heteroatoms. The van der Waals surface area contributed by atoms with E-state index in [4.69, 9.17) is 8.83 Å². The molecule has 9 nitrogen and oxygen atoms in total. The summed E-state index contributed by atoms with van der Waals surface area (Å²) in [5.41, 5.74) is -2.05. The largest absolute Gasteiger partial charge is 0.477 e. The van der Waals surface area contributed by atoms with E-state index in [1.54, 1.807) is 6.08 Å². The van der Waals surface area contributed by atoms with Crippen LogP contribution in [-0.4, -0.2) is 44.0 Å². The number of furan rings is 1. The van der Waals surface area contributed by atoms with Gasteiger partial charge >= 0.3 is 11.6 Å². The Morgan fingerprint density at radius 3 is 2.53 bits per heavy atom. The van der Waals surface area contributed by atoms with Gasteiger partial charge in [0.15, 0.2) is 5.58 Å². The summed E-state index contributed by atoms with van der Waals surface area (Å²) in [5.74, 6) is -2.14. The van der Waals surface area contributed by atoms with Crippen molar-refractivity contribution in [3.63, 3.8) is 0 Å². The van der Waals surface area contributed by atoms with Crippen LogP contribution in [0.2, 0.25) is 0 Å². The molecule has 0 fully saturated rings. The smallest absolute Gasteiger partial charge is 0.380 e. The Kier molecular flexibility index (Phi) is 6.95. The first kappa shape index (κ1) is 25.1. The third-order valence-electron chi connectivity index (χ3n) is 5.77. The molecule has 0 radical (unpaired) electrons. The first-order valence-corrected chi connectivity index (χ1v) is 12.6. The number of likely N-dealkylation sites (N-methyl/N-ethyl adjacent to an activating group) is 1. The second-order valence-corrected chi connectivity index (χ2v) is 9.55. The van der Waals surface area contributed by atoms with Gasteiger partial charge in [-0.15, -0.1) is 0 Å². The molecular formula is C25H23FN2O7S. The van der Waals surface area contributed by atoms with Gasteiger partial charge in [0, 0.05) is 17.3 Å². The summed E-state index contributed by atoms with van der Waals surface area (Å²) in [6.45, 7) is 6.09. The fraction of sp³-hybridized carbons (Fsp3) is 0.200. The molecule has 2 aromatic heterocycles. The van der Waals surface area contributed by atoms with E-state index >= 15 is 0 Å². The van der Waals surface area contributed by atoms with Gasteiger partial charge in [0.2, 0.25) is 5.58 Å². The molecule has 0 spiro atoms. The van der Waals surface area contributed by atoms with Crippen molar-refractivity contribution < 1.29 is 31.5 Å². The number of hydrogen-bond donors (Lipinski definition) is 2. The first-order chi connectivity index (χ1) is 17.2. The molecule has 0 atom stereocenters. The number of fused-ring (bicyclic) bond motifs is 3. The average Bonchev–Trinajstić information content (AvgIpc) is 3.32. The van der Waals surface area contributed by atoms with E-state index in [1.807, 2.05) is 13.8 Å². The highest BCUT2D eigenvalue weighted by atomic mass is 32.2. The van der Waals surface area contributed by atoms with Gasteiger partial charge in [0.05, 0.1) is 16.8 Å². The van der Waals surface area contributed by atoms with Crippen LogP contribution in [0.15, 0.2) is 67.3 Å². The van der Waals surface area contributed by atoms with Gasteiger partial charge in [0.25, 0.3) is 10.0 Å². The fourth-order valence-electron chi connectivity index (χ4n) is 3.92. The fourth-order valence-corrected chi connectivity index (χ4v) is 5.18. The van der Waals surface area contributed by atoms with Crippen LogP contribution in [0.4, 0.5) is 10.1 Å². The van der Waals surface area contributed by atoms with Crippen LogP contribution >= 0.6 is 0 Å². The molecule has 0 aliphatic carbocycles. The summed E-state index contributed by atoms with van der Waals surface area (Å²) in [6.07, 6.45) is 4.50. The van der Waals surface area contributed by atoms with Crippen molar-refractivity contribution in [1.82, 2.24) is 4.90 Å². The lowest BCUT2D eigenvalue weighted by molar-refractivity contribution is 0.0699. The molecule has 0 unspecified atom stereocenters. The Morgan fingerprint density at radius 1 is 1.11 bits per heavy atom. The van der Waals surface area contributed by atoms with Crippen molar-refractivity contribution in [2.75, 3.05) is 24.4 Å². The minimum Gasteiger partial charge on any atom is -0.477 e. The number of nitrogens with zero attached hydrogens (tertiary/aromatic N) is 1. The van der Waals surface area contributed by atoms with Crippen molar-refractivity contribution in [3.8, 4) is 0 Å². The lowest BCUT2D eigenvalue weighted by Gasteiger charge is -2.15. The highest BCUT2D eigenvalue weighted by molar-refractivity contribution is 7.92. The Balaban J connectivity index is 1.79. The number of nitrogens with one attached hydrogen (secondary N) is 1. The number of aromatic carboxylic acids is 1. The highest BCUT2D eigenvalue weighted by Gasteiger charge is 2.25. The molecule has 0 bridgehead atoms. The van der Waals surface area contributed by atoms with Gasteiger partial charge in [-0.25, -0.2) is 22.4 Å². The molecule has 0 saturated heterocycles. The quantitative estimate of drug-likeness (QED) is 0.312. The normalized spacial score (nSPS) is 12.2. The van der Waals surface area contributed by atoms with Crippen molar-refractivity contribution >= 4 is 49.7 Å². The predicted molar refractivity (Wildman–Crippen MR) is 133 cm³/mol. The zero-order chi connectivity index (χ0) is 26.0. The van der Waals surface area contributed by atoms with Crippen LogP contribution in [0, 0.1) is 5.82 Å². The van der Waals surface area contributed by atoms with Gasteiger partial charge in [-0.05, 0) is 55.1 Å². The number of sulfonamides is 1. The van der Waals surface area contributed by atoms with Gasteiger partial charge in [-0.2, -0.15) is 0 Å². The first-order valence-electron chi connectivity index (χ1n) is 11.1. The Labute approximate surface area is 205 Å². The third kappa shape index (κ3) is 4.75. The second kappa shape index (κ2) is 9.96. The number of carboxylic acids is 1. The maximum absolute atomic E-state index is 14.0. The van der Waals surface area contributed by atoms with E-state index < -0.39 is 33.0 Å². The van der Waals surface area contributed by atoms with E-state index in [1.165, 1.54) is 30.5 Å². The van der Waals surface area contributed by atoms with Crippen LogP contribution in [0.3, 0.4) is 0 Å². The van der Waals surface area contributed by atoms with Gasteiger partial charge in [0.1, 0.15) is 11.4 Å². The highest BCUT2D eigenvalue weighted by Crippen LogP contribution is 2.32. The molecule has 0 saturated carbocycles. The summed E-state index contributed by atoms with van der Waals surface area (Å²) < 4.78 is 53.2. The summed E-state index contributed by atoms with van der Waals surface area (Å²) in [4.78, 5) is 26.2. The lowest BCUT2D eigenvalue weighted by atomic mass is 10.1. The maximum atomic E-state index is 14.0. The van der Waals surface area contributed by atoms with E-state index in [-0.39, 0.29) is 32.7 Å². The monoisotopic (exact) mass is 514 g/mol. The Morgan fingerprint density at radius 2 is 1.83 bits per heavy atom. The second-order valence-electron chi connectivity index (χ2n) is 7.90. The summed E-state index contributed by atoms with van der Waals surface area (Å²) >= 11 is 0. The Bertz CT molecular complexity index is 1650. The maximum Gasteiger partial charge on any atom is 0.380 e. The number of carbonyl (C=O) groups is 1. The number of rotatable bonds is 9. The number of benzene rings is 2. The molecule has 36 heavy (non-hydrogen) atoms. The minimum atomic E-state index is -4.37. The summed E-state index contributed by atoms with van der Waals surface area (Å²) in [7, 11) is -4.37. The van der Waals surface area contributed by atoms with Crippen LogP contribution in [0.5, 0.6) is 0 Å². The van der Waals surface area contributed by atoms with E-state index in [0.29, 0.717) is 11.9 Å². The molecule has 0 aliphatic heterocycles. The van der Waals surface area contributed by atoms with Crippen molar-refractivity contribution in [3.05, 3.63) is 76.1 Å². The number of carboxylic acid groups (broad SMARTS) is 1. The lowest BCUT2D eigenvalue weighted by Crippen LogP contribution is -2.22. The molecule has 4 rings (SSSR count). The topological polar surface area (TPSA) is 130 Å². The van der Waals surface area contributed by atoms with Crippen LogP contribution in [-0.2, 0) is 10.0 Å². The molecule has 2 heterocycles. The molecule has 188 valence electrons. The number of hydrogen-bond acceptors (Lipinski definition) is 7. The third-order valence-corrected chi connectivity index (χ3v) is 7.21. The summed E-state index contributed by atoms with van der Waals surface area (Å²) in [5, 5.41) is 10.5. The molecule has 2 N–H and O–H groups in total. The number of halogens is 1. The van der Waals surface area contributed by atoms with Gasteiger partial charge in [-0.1, -0.05) is 26.0 Å². The van der Waals surface area contributed by atoms with Crippen LogP contribution in [0.1, 0.15) is 29.8 Å². The standard InChI is InChI=1S/C25H23FN2O7S/c1-3-28(4-2)12-5-6-15-14-16(26)7-10-20(15)36(32,33)27-19-9-8-17-18-11-13-34-23(18)25(31)35-22(17)21(19)24(29)30/h5-11,13-14,27H,3-4,12H2,1-2H3,(H,29,30). The zero-order valence-corrected chi connectivity index (χ0v) is 20.3. The molecule has 0 aliphatic rings. The summed E-state index contributed by atoms with van der Waals surface area (Å²) in [6, 6.07) is 7.36. The van der Waals surface area contributed by atoms with E-state index in [9.17, 15) is 27.5 Å². The Hall–Kier alpha value is -3.96.